The molecule has 3 heteroatoms. The number of nitrogens with zero attached hydrogens (tertiary/aromatic N) is 1. The van der Waals surface area contributed by atoms with E-state index in [1.807, 2.05) is 34.6 Å². The van der Waals surface area contributed by atoms with E-state index < -0.39 is 11.0 Å². The van der Waals surface area contributed by atoms with E-state index in [1.54, 1.807) is 6.08 Å². The Bertz CT molecular complexity index is 308. The van der Waals surface area contributed by atoms with Gasteiger partial charge < -0.3 is 0 Å². The Kier molecular flexibility index (Phi) is 2.30. The van der Waals surface area contributed by atoms with Crippen molar-refractivity contribution in [1.82, 2.24) is 4.90 Å². The molecule has 0 saturated carbocycles. The molecule has 0 bridgehead atoms. The summed E-state index contributed by atoms with van der Waals surface area (Å²) in [6.07, 6.45) is 3.22. The van der Waals surface area contributed by atoms with Gasteiger partial charge in [0.05, 0.1) is 5.54 Å². The Morgan fingerprint density at radius 1 is 1.36 bits per heavy atom. The first kappa shape index (κ1) is 11.0. The van der Waals surface area contributed by atoms with Crippen LogP contribution in [0.3, 0.4) is 0 Å². The third kappa shape index (κ3) is 1.72. The molecule has 0 radical (unpaired) electrons. The van der Waals surface area contributed by atoms with Gasteiger partial charge in [-0.05, 0) is 13.8 Å². The molecule has 3 nitrogen and oxygen atoms in total. The molecular weight excluding hydrogens is 178 g/mol. The molecule has 0 spiro atoms. The van der Waals surface area contributed by atoms with Crippen LogP contribution in [-0.4, -0.2) is 22.3 Å². The Balaban J connectivity index is 3.00. The fourth-order valence-corrected chi connectivity index (χ4v) is 1.41. The van der Waals surface area contributed by atoms with Gasteiger partial charge in [0.15, 0.2) is 0 Å². The second-order valence-electron chi connectivity index (χ2n) is 5.22. The van der Waals surface area contributed by atoms with Gasteiger partial charge in [-0.3, -0.25) is 14.5 Å². The molecule has 0 atom stereocenters. The van der Waals surface area contributed by atoms with Crippen molar-refractivity contribution in [3.63, 3.8) is 0 Å². The Morgan fingerprint density at radius 3 is 2.14 bits per heavy atom. The molecule has 1 heterocycles. The van der Waals surface area contributed by atoms with Crippen LogP contribution in [0, 0.1) is 5.41 Å². The van der Waals surface area contributed by atoms with Crippen LogP contribution in [0.5, 0.6) is 0 Å². The fourth-order valence-electron chi connectivity index (χ4n) is 1.41. The summed E-state index contributed by atoms with van der Waals surface area (Å²) in [5, 5.41) is 0. The van der Waals surface area contributed by atoms with Gasteiger partial charge in [0.25, 0.3) is 5.91 Å². The smallest absolute Gasteiger partial charge is 0.253 e. The summed E-state index contributed by atoms with van der Waals surface area (Å²) < 4.78 is 0. The average molecular weight is 195 g/mol. The molecule has 0 aromatic carbocycles. The molecule has 14 heavy (non-hydrogen) atoms. The molecule has 0 saturated heterocycles. The number of carbonyl (C=O) groups is 2. The van der Waals surface area contributed by atoms with Gasteiger partial charge in [-0.25, -0.2) is 0 Å². The minimum absolute atomic E-state index is 0.127. The highest BCUT2D eigenvalue weighted by Gasteiger charge is 2.41. The number of rotatable bonds is 0. The summed E-state index contributed by atoms with van der Waals surface area (Å²) >= 11 is 0. The van der Waals surface area contributed by atoms with Gasteiger partial charge in [0, 0.05) is 11.5 Å². The number of imide groups is 1. The van der Waals surface area contributed by atoms with Gasteiger partial charge in [-0.15, -0.1) is 0 Å². The lowest BCUT2D eigenvalue weighted by Gasteiger charge is -2.34. The predicted molar refractivity (Wildman–Crippen MR) is 54.5 cm³/mol. The van der Waals surface area contributed by atoms with Crippen LogP contribution >= 0.6 is 0 Å². The first-order valence-corrected chi connectivity index (χ1v) is 4.74. The molecular formula is C11H17NO2. The number of hydrogen-bond acceptors (Lipinski definition) is 2. The SMILES string of the molecule is CC(C)(C)C(=O)N1C(=O)C=CC1(C)C. The normalized spacial score (nSPS) is 20.4. The molecule has 0 aliphatic carbocycles. The van der Waals surface area contributed by atoms with E-state index in [1.165, 1.54) is 11.0 Å². The highest BCUT2D eigenvalue weighted by molar-refractivity contribution is 6.05. The molecule has 1 rings (SSSR count). The maximum absolute atomic E-state index is 12.0. The zero-order chi connectivity index (χ0) is 11.1. The minimum atomic E-state index is -0.515. The van der Waals surface area contributed by atoms with Gasteiger partial charge >= 0.3 is 0 Å². The van der Waals surface area contributed by atoms with Crippen molar-refractivity contribution in [1.29, 1.82) is 0 Å². The zero-order valence-corrected chi connectivity index (χ0v) is 9.42. The second-order valence-corrected chi connectivity index (χ2v) is 5.22. The van der Waals surface area contributed by atoms with Crippen LogP contribution in [0.2, 0.25) is 0 Å². The largest absolute Gasteiger partial charge is 0.274 e. The van der Waals surface area contributed by atoms with Crippen molar-refractivity contribution in [3.05, 3.63) is 12.2 Å². The lowest BCUT2D eigenvalue weighted by atomic mass is 9.92. The van der Waals surface area contributed by atoms with E-state index in [9.17, 15) is 9.59 Å². The summed E-state index contributed by atoms with van der Waals surface area (Å²) in [6.45, 7) is 9.17. The molecule has 0 aromatic heterocycles. The van der Waals surface area contributed by atoms with E-state index in [-0.39, 0.29) is 11.8 Å². The van der Waals surface area contributed by atoms with Crippen molar-refractivity contribution in [3.8, 4) is 0 Å². The van der Waals surface area contributed by atoms with Crippen LogP contribution in [0.25, 0.3) is 0 Å². The van der Waals surface area contributed by atoms with Gasteiger partial charge in [0.2, 0.25) is 5.91 Å². The summed E-state index contributed by atoms with van der Waals surface area (Å²) in [4.78, 5) is 24.8. The van der Waals surface area contributed by atoms with Crippen LogP contribution < -0.4 is 0 Å². The lowest BCUT2D eigenvalue weighted by Crippen LogP contribution is -2.50. The van der Waals surface area contributed by atoms with E-state index in [2.05, 4.69) is 0 Å². The summed E-state index contributed by atoms with van der Waals surface area (Å²) in [7, 11) is 0. The highest BCUT2D eigenvalue weighted by atomic mass is 16.2. The molecule has 0 unspecified atom stereocenters. The average Bonchev–Trinajstić information content (AvgIpc) is 2.23. The molecule has 0 aromatic rings. The van der Waals surface area contributed by atoms with Crippen LogP contribution in [0.15, 0.2) is 12.2 Å². The number of amides is 2. The van der Waals surface area contributed by atoms with Gasteiger partial charge in [-0.2, -0.15) is 0 Å². The Hall–Kier alpha value is -1.12. The molecule has 0 N–H and O–H groups in total. The highest BCUT2D eigenvalue weighted by Crippen LogP contribution is 2.28. The Labute approximate surface area is 84.8 Å². The van der Waals surface area contributed by atoms with E-state index in [0.29, 0.717) is 0 Å². The van der Waals surface area contributed by atoms with Crippen molar-refractivity contribution in [2.24, 2.45) is 5.41 Å². The predicted octanol–water partition coefficient (Wildman–Crippen LogP) is 1.74. The third-order valence-corrected chi connectivity index (χ3v) is 2.28. The molecule has 1 aliphatic rings. The monoisotopic (exact) mass is 195 g/mol. The van der Waals surface area contributed by atoms with Crippen LogP contribution in [-0.2, 0) is 9.59 Å². The zero-order valence-electron chi connectivity index (χ0n) is 9.42. The van der Waals surface area contributed by atoms with E-state index >= 15 is 0 Å². The maximum Gasteiger partial charge on any atom is 0.253 e. The first-order chi connectivity index (χ1) is 6.16. The van der Waals surface area contributed by atoms with E-state index in [4.69, 9.17) is 0 Å². The third-order valence-electron chi connectivity index (χ3n) is 2.28. The summed E-state index contributed by atoms with van der Waals surface area (Å²) in [6, 6.07) is 0. The van der Waals surface area contributed by atoms with E-state index in [0.717, 1.165) is 0 Å². The first-order valence-electron chi connectivity index (χ1n) is 4.74. The van der Waals surface area contributed by atoms with Crippen LogP contribution in [0.4, 0.5) is 0 Å². The second kappa shape index (κ2) is 2.94. The molecule has 1 aliphatic heterocycles. The Morgan fingerprint density at radius 2 is 1.86 bits per heavy atom. The van der Waals surface area contributed by atoms with Crippen molar-refractivity contribution < 1.29 is 9.59 Å². The van der Waals surface area contributed by atoms with Crippen molar-refractivity contribution in [2.45, 2.75) is 40.2 Å². The van der Waals surface area contributed by atoms with Crippen molar-refractivity contribution >= 4 is 11.8 Å². The standard InChI is InChI=1S/C11H17NO2/c1-10(2,3)9(14)12-8(13)6-7-11(12,4)5/h6-7H,1-5H3. The molecule has 2 amide bonds. The number of hydrogen-bond donors (Lipinski definition) is 0. The lowest BCUT2D eigenvalue weighted by molar-refractivity contribution is -0.151. The maximum atomic E-state index is 12.0. The van der Waals surface area contributed by atoms with Crippen LogP contribution in [0.1, 0.15) is 34.6 Å². The molecule has 78 valence electrons. The topological polar surface area (TPSA) is 37.4 Å². The van der Waals surface area contributed by atoms with Gasteiger partial charge in [-0.1, -0.05) is 26.8 Å². The quantitative estimate of drug-likeness (QED) is 0.590. The van der Waals surface area contributed by atoms with Gasteiger partial charge in [0.1, 0.15) is 0 Å². The number of carbonyl (C=O) groups excluding carboxylic acids is 2. The minimum Gasteiger partial charge on any atom is -0.274 e. The summed E-state index contributed by atoms with van der Waals surface area (Å²) in [5.74, 6) is -0.340. The summed E-state index contributed by atoms with van der Waals surface area (Å²) in [5.41, 5.74) is -1.000. The van der Waals surface area contributed by atoms with Crippen molar-refractivity contribution in [2.75, 3.05) is 0 Å². The fraction of sp³-hybridized carbons (Fsp3) is 0.636. The molecule has 0 fully saturated rings.